The summed E-state index contributed by atoms with van der Waals surface area (Å²) in [6, 6.07) is 3.97. The Bertz CT molecular complexity index is 246. The van der Waals surface area contributed by atoms with Crippen LogP contribution in [0.4, 0.5) is 0 Å². The highest BCUT2D eigenvalue weighted by atomic mass is 79.9. The molecule has 0 spiro atoms. The molecule has 1 aromatic heterocycles. The first-order valence-corrected chi connectivity index (χ1v) is 4.51. The lowest BCUT2D eigenvalue weighted by Gasteiger charge is -2.01. The van der Waals surface area contributed by atoms with E-state index in [4.69, 9.17) is 0 Å². The normalized spacial score (nSPS) is 9.75. The number of hydrogen-bond acceptors (Lipinski definition) is 2. The third-order valence-electron chi connectivity index (χ3n) is 1.37. The smallest absolute Gasteiger partial charge is 0.0312 e. The molecular formula is C9H11BrN2. The summed E-state index contributed by atoms with van der Waals surface area (Å²) in [5.41, 5.74) is 1.19. The second kappa shape index (κ2) is 5.06. The van der Waals surface area contributed by atoms with Gasteiger partial charge in [0.1, 0.15) is 0 Å². The molecule has 0 saturated heterocycles. The number of pyridine rings is 1. The number of hydrogen-bond donors (Lipinski definition) is 1. The Balaban J connectivity index is 2.29. The van der Waals surface area contributed by atoms with Crippen molar-refractivity contribution in [3.63, 3.8) is 0 Å². The molecule has 12 heavy (non-hydrogen) atoms. The molecule has 1 heterocycles. The summed E-state index contributed by atoms with van der Waals surface area (Å²) in [5.74, 6) is 0. The lowest BCUT2D eigenvalue weighted by Crippen LogP contribution is -2.14. The molecule has 1 aromatic rings. The van der Waals surface area contributed by atoms with Crippen LogP contribution in [-0.2, 0) is 6.54 Å². The Hall–Kier alpha value is -0.670. The van der Waals surface area contributed by atoms with Crippen LogP contribution in [-0.4, -0.2) is 11.5 Å². The van der Waals surface area contributed by atoms with Crippen molar-refractivity contribution < 1.29 is 0 Å². The number of nitrogens with zero attached hydrogens (tertiary/aromatic N) is 1. The lowest BCUT2D eigenvalue weighted by atomic mass is 10.3. The minimum atomic E-state index is 0.787. The zero-order chi connectivity index (χ0) is 8.81. The molecule has 0 atom stereocenters. The van der Waals surface area contributed by atoms with Crippen LogP contribution in [0.3, 0.4) is 0 Å². The van der Waals surface area contributed by atoms with Crippen LogP contribution in [0, 0.1) is 0 Å². The van der Waals surface area contributed by atoms with E-state index in [0.717, 1.165) is 17.6 Å². The summed E-state index contributed by atoms with van der Waals surface area (Å²) < 4.78 is 0.964. The average molecular weight is 227 g/mol. The first kappa shape index (κ1) is 9.42. The predicted octanol–water partition coefficient (Wildman–Crippen LogP) is 2.08. The summed E-state index contributed by atoms with van der Waals surface area (Å²) in [4.78, 5) is 4.01. The molecule has 0 bridgehead atoms. The minimum Gasteiger partial charge on any atom is -0.308 e. The molecule has 64 valence electrons. The SMILES string of the molecule is C=C(Br)CNCc1cccnc1. The minimum absolute atomic E-state index is 0.787. The largest absolute Gasteiger partial charge is 0.308 e. The van der Waals surface area contributed by atoms with Crippen molar-refractivity contribution in [2.24, 2.45) is 0 Å². The molecule has 0 unspecified atom stereocenters. The van der Waals surface area contributed by atoms with E-state index in [0.29, 0.717) is 0 Å². The van der Waals surface area contributed by atoms with Gasteiger partial charge in [-0.25, -0.2) is 0 Å². The van der Waals surface area contributed by atoms with Gasteiger partial charge in [0, 0.05) is 30.0 Å². The molecule has 3 heteroatoms. The van der Waals surface area contributed by atoms with Crippen molar-refractivity contribution in [3.8, 4) is 0 Å². The molecule has 0 aliphatic rings. The van der Waals surface area contributed by atoms with E-state index in [-0.39, 0.29) is 0 Å². The van der Waals surface area contributed by atoms with Crippen molar-refractivity contribution in [3.05, 3.63) is 41.2 Å². The van der Waals surface area contributed by atoms with Gasteiger partial charge in [0.15, 0.2) is 0 Å². The molecule has 0 fully saturated rings. The molecule has 1 N–H and O–H groups in total. The van der Waals surface area contributed by atoms with Crippen molar-refractivity contribution in [1.82, 2.24) is 10.3 Å². The molecular weight excluding hydrogens is 216 g/mol. The quantitative estimate of drug-likeness (QED) is 0.851. The van der Waals surface area contributed by atoms with Gasteiger partial charge < -0.3 is 5.32 Å². The number of rotatable bonds is 4. The molecule has 0 aromatic carbocycles. The van der Waals surface area contributed by atoms with Gasteiger partial charge in [0.25, 0.3) is 0 Å². The monoisotopic (exact) mass is 226 g/mol. The van der Waals surface area contributed by atoms with Crippen LogP contribution in [0.1, 0.15) is 5.56 Å². The molecule has 0 aliphatic heterocycles. The Morgan fingerprint density at radius 3 is 3.08 bits per heavy atom. The highest BCUT2D eigenvalue weighted by Gasteiger charge is 1.90. The summed E-state index contributed by atoms with van der Waals surface area (Å²) in [5, 5.41) is 3.21. The molecule has 1 rings (SSSR count). The maximum absolute atomic E-state index is 4.01. The Labute approximate surface area is 80.8 Å². The standard InChI is InChI=1S/C9H11BrN2/c1-8(10)5-12-7-9-3-2-4-11-6-9/h2-4,6,12H,1,5,7H2. The Morgan fingerprint density at radius 1 is 1.67 bits per heavy atom. The van der Waals surface area contributed by atoms with Gasteiger partial charge in [-0.15, -0.1) is 0 Å². The van der Waals surface area contributed by atoms with Gasteiger partial charge in [-0.05, 0) is 11.6 Å². The first-order chi connectivity index (χ1) is 5.79. The average Bonchev–Trinajstić information content (AvgIpc) is 2.05. The van der Waals surface area contributed by atoms with Crippen LogP contribution in [0.5, 0.6) is 0 Å². The van der Waals surface area contributed by atoms with Crippen LogP contribution in [0.15, 0.2) is 35.6 Å². The second-order valence-corrected chi connectivity index (χ2v) is 3.60. The van der Waals surface area contributed by atoms with Crippen molar-refractivity contribution >= 4 is 15.9 Å². The van der Waals surface area contributed by atoms with Gasteiger partial charge in [0.2, 0.25) is 0 Å². The van der Waals surface area contributed by atoms with Crippen molar-refractivity contribution in [2.75, 3.05) is 6.54 Å². The third kappa shape index (κ3) is 3.64. The van der Waals surface area contributed by atoms with Crippen LogP contribution < -0.4 is 5.32 Å². The van der Waals surface area contributed by atoms with Crippen LogP contribution in [0.25, 0.3) is 0 Å². The van der Waals surface area contributed by atoms with Gasteiger partial charge in [-0.3, -0.25) is 4.98 Å². The van der Waals surface area contributed by atoms with E-state index < -0.39 is 0 Å². The van der Waals surface area contributed by atoms with E-state index in [2.05, 4.69) is 32.8 Å². The second-order valence-electron chi connectivity index (χ2n) is 2.48. The fourth-order valence-electron chi connectivity index (χ4n) is 0.845. The number of aromatic nitrogens is 1. The summed E-state index contributed by atoms with van der Waals surface area (Å²) in [7, 11) is 0. The number of nitrogens with one attached hydrogen (secondary N) is 1. The lowest BCUT2D eigenvalue weighted by molar-refractivity contribution is 0.754. The number of halogens is 1. The summed E-state index contributed by atoms with van der Waals surface area (Å²) in [6.07, 6.45) is 3.62. The molecule has 0 saturated carbocycles. The van der Waals surface area contributed by atoms with Crippen LogP contribution >= 0.6 is 15.9 Å². The molecule has 0 radical (unpaired) electrons. The maximum atomic E-state index is 4.01. The van der Waals surface area contributed by atoms with E-state index in [1.54, 1.807) is 6.20 Å². The first-order valence-electron chi connectivity index (χ1n) is 3.72. The van der Waals surface area contributed by atoms with E-state index in [1.807, 2.05) is 18.3 Å². The predicted molar refractivity (Wildman–Crippen MR) is 54.0 cm³/mol. The Kier molecular flexibility index (Phi) is 3.97. The van der Waals surface area contributed by atoms with E-state index in [1.165, 1.54) is 5.56 Å². The van der Waals surface area contributed by atoms with E-state index in [9.17, 15) is 0 Å². The van der Waals surface area contributed by atoms with Gasteiger partial charge in [-0.1, -0.05) is 28.6 Å². The molecule has 2 nitrogen and oxygen atoms in total. The molecule has 0 amide bonds. The van der Waals surface area contributed by atoms with Gasteiger partial charge in [0.05, 0.1) is 0 Å². The summed E-state index contributed by atoms with van der Waals surface area (Å²) >= 11 is 3.28. The van der Waals surface area contributed by atoms with Gasteiger partial charge in [-0.2, -0.15) is 0 Å². The summed E-state index contributed by atoms with van der Waals surface area (Å²) in [6.45, 7) is 5.34. The fraction of sp³-hybridized carbons (Fsp3) is 0.222. The highest BCUT2D eigenvalue weighted by molar-refractivity contribution is 9.11. The third-order valence-corrected chi connectivity index (χ3v) is 1.65. The zero-order valence-electron chi connectivity index (χ0n) is 6.76. The maximum Gasteiger partial charge on any atom is 0.0312 e. The van der Waals surface area contributed by atoms with Crippen molar-refractivity contribution in [2.45, 2.75) is 6.54 Å². The van der Waals surface area contributed by atoms with Crippen LogP contribution in [0.2, 0.25) is 0 Å². The topological polar surface area (TPSA) is 24.9 Å². The zero-order valence-corrected chi connectivity index (χ0v) is 8.34. The Morgan fingerprint density at radius 2 is 2.50 bits per heavy atom. The fourth-order valence-corrected chi connectivity index (χ4v) is 1.04. The highest BCUT2D eigenvalue weighted by Crippen LogP contribution is 1.99. The van der Waals surface area contributed by atoms with E-state index >= 15 is 0 Å². The molecule has 0 aliphatic carbocycles. The van der Waals surface area contributed by atoms with Crippen molar-refractivity contribution in [1.29, 1.82) is 0 Å². The van der Waals surface area contributed by atoms with Gasteiger partial charge >= 0.3 is 0 Å².